The molecule has 0 saturated carbocycles. The molecule has 2 heterocycles. The molecule has 0 atom stereocenters. The Labute approximate surface area is 125 Å². The highest BCUT2D eigenvalue weighted by atomic mass is 16.3. The van der Waals surface area contributed by atoms with Gasteiger partial charge in [-0.25, -0.2) is 4.68 Å². The Morgan fingerprint density at radius 1 is 1.24 bits per heavy atom. The second kappa shape index (κ2) is 7.26. The Balaban J connectivity index is 2.05. The molecule has 0 fully saturated rings. The van der Waals surface area contributed by atoms with Crippen molar-refractivity contribution in [3.05, 3.63) is 29.2 Å². The zero-order valence-corrected chi connectivity index (χ0v) is 13.1. The molecule has 2 rings (SSSR count). The van der Waals surface area contributed by atoms with Crippen LogP contribution in [0.15, 0.2) is 12.3 Å². The number of aliphatic hydroxyl groups excluding tert-OH is 1. The Morgan fingerprint density at radius 2 is 2.05 bits per heavy atom. The molecule has 0 saturated heterocycles. The topological polar surface area (TPSA) is 67.9 Å². The van der Waals surface area contributed by atoms with Crippen LogP contribution in [0.5, 0.6) is 0 Å². The largest absolute Gasteiger partial charge is 0.394 e. The van der Waals surface area contributed by atoms with Crippen molar-refractivity contribution >= 4 is 5.82 Å². The van der Waals surface area contributed by atoms with Crippen molar-refractivity contribution in [3.8, 4) is 0 Å². The molecule has 0 aliphatic carbocycles. The highest BCUT2D eigenvalue weighted by Crippen LogP contribution is 2.16. The zero-order chi connectivity index (χ0) is 15.2. The molecule has 0 amide bonds. The molecule has 6 nitrogen and oxygen atoms in total. The first-order valence-electron chi connectivity index (χ1n) is 7.56. The van der Waals surface area contributed by atoms with Crippen molar-refractivity contribution in [3.63, 3.8) is 0 Å². The van der Waals surface area contributed by atoms with E-state index >= 15 is 0 Å². The summed E-state index contributed by atoms with van der Waals surface area (Å²) in [5, 5.41) is 21.3. The number of nitrogens with zero attached hydrogens (tertiary/aromatic N) is 4. The number of anilines is 1. The molecule has 116 valence electrons. The number of rotatable bonds is 8. The summed E-state index contributed by atoms with van der Waals surface area (Å²) in [7, 11) is 0. The van der Waals surface area contributed by atoms with E-state index in [1.807, 2.05) is 35.5 Å². The standard InChI is InChI=1S/C15H25N5O/c1-4-5-8-20-15(6-7-17-20)16-11-14-12(2)18-19(9-10-21)13(14)3/h6-7,16,21H,4-5,8-11H2,1-3H3. The predicted molar refractivity (Wildman–Crippen MR) is 83.2 cm³/mol. The first-order chi connectivity index (χ1) is 10.2. The summed E-state index contributed by atoms with van der Waals surface area (Å²) in [6.45, 7) is 8.54. The minimum Gasteiger partial charge on any atom is -0.394 e. The van der Waals surface area contributed by atoms with Crippen molar-refractivity contribution in [1.29, 1.82) is 0 Å². The first-order valence-corrected chi connectivity index (χ1v) is 7.56. The normalized spacial score (nSPS) is 11.0. The van der Waals surface area contributed by atoms with Gasteiger partial charge in [0, 0.05) is 30.4 Å². The lowest BCUT2D eigenvalue weighted by molar-refractivity contribution is 0.268. The molecule has 2 aromatic heterocycles. The van der Waals surface area contributed by atoms with Gasteiger partial charge in [0.05, 0.1) is 25.0 Å². The maximum atomic E-state index is 9.06. The number of hydrogen-bond donors (Lipinski definition) is 2. The zero-order valence-electron chi connectivity index (χ0n) is 13.1. The maximum absolute atomic E-state index is 9.06. The third-order valence-corrected chi connectivity index (χ3v) is 3.73. The summed E-state index contributed by atoms with van der Waals surface area (Å²) < 4.78 is 3.87. The lowest BCUT2D eigenvalue weighted by Gasteiger charge is -2.10. The molecule has 0 bridgehead atoms. The number of hydrogen-bond acceptors (Lipinski definition) is 4. The van der Waals surface area contributed by atoms with Crippen LogP contribution in [0.25, 0.3) is 0 Å². The number of nitrogens with one attached hydrogen (secondary N) is 1. The Bertz CT molecular complexity index is 573. The molecule has 0 aliphatic heterocycles. The minimum atomic E-state index is 0.110. The minimum absolute atomic E-state index is 0.110. The van der Waals surface area contributed by atoms with Crippen molar-refractivity contribution in [2.75, 3.05) is 11.9 Å². The van der Waals surface area contributed by atoms with E-state index in [-0.39, 0.29) is 6.61 Å². The van der Waals surface area contributed by atoms with Gasteiger partial charge in [-0.05, 0) is 20.3 Å². The molecule has 0 radical (unpaired) electrons. The molecular formula is C15H25N5O. The van der Waals surface area contributed by atoms with Gasteiger partial charge in [-0.1, -0.05) is 13.3 Å². The van der Waals surface area contributed by atoms with Crippen molar-refractivity contribution in [1.82, 2.24) is 19.6 Å². The van der Waals surface area contributed by atoms with Crippen LogP contribution in [0.1, 0.15) is 36.7 Å². The lowest BCUT2D eigenvalue weighted by Crippen LogP contribution is -2.10. The van der Waals surface area contributed by atoms with E-state index in [9.17, 15) is 0 Å². The number of aryl methyl sites for hydroxylation is 2. The SMILES string of the molecule is CCCCn1nccc1NCc1c(C)nn(CCO)c1C. The summed E-state index contributed by atoms with van der Waals surface area (Å²) in [6, 6.07) is 2.00. The van der Waals surface area contributed by atoms with E-state index in [0.717, 1.165) is 43.1 Å². The Kier molecular flexibility index (Phi) is 5.38. The number of aliphatic hydroxyl groups is 1. The fraction of sp³-hybridized carbons (Fsp3) is 0.600. The molecule has 0 aromatic carbocycles. The molecule has 6 heteroatoms. The van der Waals surface area contributed by atoms with E-state index in [4.69, 9.17) is 5.11 Å². The molecule has 2 aromatic rings. The molecule has 0 spiro atoms. The van der Waals surface area contributed by atoms with Gasteiger partial charge in [0.1, 0.15) is 5.82 Å². The van der Waals surface area contributed by atoms with Gasteiger partial charge in [-0.2, -0.15) is 10.2 Å². The van der Waals surface area contributed by atoms with Gasteiger partial charge < -0.3 is 10.4 Å². The molecular weight excluding hydrogens is 266 g/mol. The Hall–Kier alpha value is -1.82. The van der Waals surface area contributed by atoms with E-state index < -0.39 is 0 Å². The molecule has 0 unspecified atom stereocenters. The maximum Gasteiger partial charge on any atom is 0.124 e. The van der Waals surface area contributed by atoms with E-state index in [1.165, 1.54) is 5.56 Å². The van der Waals surface area contributed by atoms with Crippen LogP contribution in [0.3, 0.4) is 0 Å². The first kappa shape index (κ1) is 15.6. The van der Waals surface area contributed by atoms with Crippen molar-refractivity contribution in [2.45, 2.75) is 53.2 Å². The number of unbranched alkanes of at least 4 members (excludes halogenated alkanes) is 1. The average molecular weight is 291 g/mol. The van der Waals surface area contributed by atoms with E-state index in [0.29, 0.717) is 6.54 Å². The fourth-order valence-corrected chi connectivity index (χ4v) is 2.45. The molecule has 2 N–H and O–H groups in total. The summed E-state index contributed by atoms with van der Waals surface area (Å²) in [5.74, 6) is 1.04. The second-order valence-electron chi connectivity index (χ2n) is 5.24. The lowest BCUT2D eigenvalue weighted by atomic mass is 10.2. The van der Waals surface area contributed by atoms with Gasteiger partial charge in [0.25, 0.3) is 0 Å². The second-order valence-corrected chi connectivity index (χ2v) is 5.24. The predicted octanol–water partition coefficient (Wildman–Crippen LogP) is 2.10. The van der Waals surface area contributed by atoms with Gasteiger partial charge >= 0.3 is 0 Å². The summed E-state index contributed by atoms with van der Waals surface area (Å²) >= 11 is 0. The smallest absolute Gasteiger partial charge is 0.124 e. The Morgan fingerprint density at radius 3 is 2.76 bits per heavy atom. The van der Waals surface area contributed by atoms with Gasteiger partial charge in [0.15, 0.2) is 0 Å². The van der Waals surface area contributed by atoms with Crippen LogP contribution in [-0.2, 0) is 19.6 Å². The third kappa shape index (κ3) is 3.64. The van der Waals surface area contributed by atoms with Crippen molar-refractivity contribution in [2.24, 2.45) is 0 Å². The highest BCUT2D eigenvalue weighted by Gasteiger charge is 2.11. The van der Waals surface area contributed by atoms with Gasteiger partial charge in [-0.15, -0.1) is 0 Å². The fourth-order valence-electron chi connectivity index (χ4n) is 2.45. The van der Waals surface area contributed by atoms with E-state index in [2.05, 4.69) is 22.4 Å². The summed E-state index contributed by atoms with van der Waals surface area (Å²) in [6.07, 6.45) is 4.11. The van der Waals surface area contributed by atoms with Gasteiger partial charge in [0.2, 0.25) is 0 Å². The monoisotopic (exact) mass is 291 g/mol. The van der Waals surface area contributed by atoms with E-state index in [1.54, 1.807) is 0 Å². The van der Waals surface area contributed by atoms with Gasteiger partial charge in [-0.3, -0.25) is 4.68 Å². The average Bonchev–Trinajstić information content (AvgIpc) is 3.01. The third-order valence-electron chi connectivity index (χ3n) is 3.73. The molecule has 0 aliphatic rings. The van der Waals surface area contributed by atoms with Crippen LogP contribution in [-0.4, -0.2) is 31.3 Å². The van der Waals surface area contributed by atoms with Crippen molar-refractivity contribution < 1.29 is 5.11 Å². The quantitative estimate of drug-likeness (QED) is 0.781. The van der Waals surface area contributed by atoms with Crippen LogP contribution in [0.4, 0.5) is 5.82 Å². The summed E-state index contributed by atoms with van der Waals surface area (Å²) in [5.41, 5.74) is 3.30. The summed E-state index contributed by atoms with van der Waals surface area (Å²) in [4.78, 5) is 0. The van der Waals surface area contributed by atoms with Crippen LogP contribution in [0, 0.1) is 13.8 Å². The van der Waals surface area contributed by atoms with Crippen LogP contribution < -0.4 is 5.32 Å². The number of aromatic nitrogens is 4. The molecule has 21 heavy (non-hydrogen) atoms. The highest BCUT2D eigenvalue weighted by molar-refractivity contribution is 5.37. The van der Waals surface area contributed by atoms with Crippen LogP contribution in [0.2, 0.25) is 0 Å². The van der Waals surface area contributed by atoms with Crippen LogP contribution >= 0.6 is 0 Å².